The molecule has 1 saturated heterocycles. The highest BCUT2D eigenvalue weighted by Crippen LogP contribution is 2.41. The third-order valence-electron chi connectivity index (χ3n) is 4.77. The number of carbonyl (C=O) groups is 1. The van der Waals surface area contributed by atoms with Gasteiger partial charge in [-0.1, -0.05) is 53.3 Å². The van der Waals surface area contributed by atoms with Crippen LogP contribution >= 0.6 is 11.8 Å². The van der Waals surface area contributed by atoms with Crippen molar-refractivity contribution in [3.63, 3.8) is 0 Å². The highest BCUT2D eigenvalue weighted by Gasteiger charge is 2.29. The van der Waals surface area contributed by atoms with Crippen LogP contribution in [0.3, 0.4) is 0 Å². The third kappa shape index (κ3) is 5.52. The lowest BCUT2D eigenvalue weighted by Gasteiger charge is -2.28. The maximum atomic E-state index is 12.7. The van der Waals surface area contributed by atoms with Crippen molar-refractivity contribution in [2.75, 3.05) is 32.1 Å². The number of phenols is 1. The normalized spacial score (nSPS) is 17.0. The predicted octanol–water partition coefficient (Wildman–Crippen LogP) is 3.44. The lowest BCUT2D eigenvalue weighted by atomic mass is 9.78. The molecule has 1 aliphatic heterocycles. The van der Waals surface area contributed by atoms with Gasteiger partial charge in [0.25, 0.3) is 5.91 Å². The molecule has 0 atom stereocenters. The Labute approximate surface area is 173 Å². The van der Waals surface area contributed by atoms with E-state index in [9.17, 15) is 9.90 Å². The Bertz CT molecular complexity index is 710. The molecular formula is C22H34N2O3S. The fourth-order valence-electron chi connectivity index (χ4n) is 3.15. The van der Waals surface area contributed by atoms with Gasteiger partial charge in [-0.05, 0) is 34.6 Å². The van der Waals surface area contributed by atoms with Crippen molar-refractivity contribution in [3.05, 3.63) is 33.7 Å². The summed E-state index contributed by atoms with van der Waals surface area (Å²) < 4.78 is 0. The van der Waals surface area contributed by atoms with Crippen LogP contribution in [0.15, 0.2) is 17.0 Å². The Morgan fingerprint density at radius 2 is 1.68 bits per heavy atom. The van der Waals surface area contributed by atoms with Gasteiger partial charge in [0.05, 0.1) is 17.4 Å². The monoisotopic (exact) mass is 406 g/mol. The van der Waals surface area contributed by atoms with E-state index in [0.717, 1.165) is 21.6 Å². The molecule has 0 spiro atoms. The molecule has 1 aromatic carbocycles. The van der Waals surface area contributed by atoms with Gasteiger partial charge in [-0.15, -0.1) is 0 Å². The second kappa shape index (κ2) is 8.89. The van der Waals surface area contributed by atoms with E-state index < -0.39 is 0 Å². The average molecular weight is 407 g/mol. The predicted molar refractivity (Wildman–Crippen MR) is 118 cm³/mol. The van der Waals surface area contributed by atoms with Gasteiger partial charge >= 0.3 is 0 Å². The number of aromatic hydroxyl groups is 1. The summed E-state index contributed by atoms with van der Waals surface area (Å²) in [5.41, 5.74) is 2.34. The minimum Gasteiger partial charge on any atom is -0.507 e. The standard InChI is InChI=1S/C22H34N2O3S/c1-21(2,3)16-11-15(12-17(19(16)26)22(4,5)6)13-18-20(27)24(14-28-18)9-7-23-8-10-25/h11-13,23,25-26H,7-10,14H2,1-6H3/b18-13-. The topological polar surface area (TPSA) is 72.8 Å². The van der Waals surface area contributed by atoms with Crippen LogP contribution in [0, 0.1) is 0 Å². The minimum absolute atomic E-state index is 0.0403. The third-order valence-corrected chi connectivity index (χ3v) is 5.81. The van der Waals surface area contributed by atoms with Gasteiger partial charge in [0.15, 0.2) is 0 Å². The number of carbonyl (C=O) groups excluding carboxylic acids is 1. The summed E-state index contributed by atoms with van der Waals surface area (Å²) in [7, 11) is 0. The van der Waals surface area contributed by atoms with Crippen LogP contribution in [0.4, 0.5) is 0 Å². The molecule has 2 rings (SSSR count). The first-order valence-electron chi connectivity index (χ1n) is 9.78. The van der Waals surface area contributed by atoms with Crippen molar-refractivity contribution in [2.24, 2.45) is 0 Å². The molecule has 28 heavy (non-hydrogen) atoms. The molecule has 6 heteroatoms. The summed E-state index contributed by atoms with van der Waals surface area (Å²) in [5.74, 6) is 1.03. The van der Waals surface area contributed by atoms with Gasteiger partial charge < -0.3 is 20.4 Å². The average Bonchev–Trinajstić information content (AvgIpc) is 2.91. The highest BCUT2D eigenvalue weighted by atomic mass is 32.2. The fourth-order valence-corrected chi connectivity index (χ4v) is 4.16. The molecule has 5 nitrogen and oxygen atoms in total. The Kier molecular flexibility index (Phi) is 7.23. The number of phenolic OH excluding ortho intramolecular Hbond substituents is 1. The molecule has 3 N–H and O–H groups in total. The van der Waals surface area contributed by atoms with Crippen molar-refractivity contribution in [1.29, 1.82) is 0 Å². The van der Waals surface area contributed by atoms with E-state index in [-0.39, 0.29) is 23.3 Å². The van der Waals surface area contributed by atoms with Gasteiger partial charge in [0, 0.05) is 30.8 Å². The fraction of sp³-hybridized carbons (Fsp3) is 0.591. The van der Waals surface area contributed by atoms with E-state index in [4.69, 9.17) is 5.11 Å². The summed E-state index contributed by atoms with van der Waals surface area (Å²) in [5, 5.41) is 22.8. The number of amides is 1. The maximum Gasteiger partial charge on any atom is 0.261 e. The molecule has 156 valence electrons. The molecule has 1 amide bonds. The number of hydrogen-bond acceptors (Lipinski definition) is 5. The molecule has 1 aliphatic rings. The van der Waals surface area contributed by atoms with Gasteiger partial charge in [0.2, 0.25) is 0 Å². The summed E-state index contributed by atoms with van der Waals surface area (Å²) in [6.07, 6.45) is 1.94. The summed E-state index contributed by atoms with van der Waals surface area (Å²) in [6.45, 7) is 14.4. The quantitative estimate of drug-likeness (QED) is 0.499. The first kappa shape index (κ1) is 22.8. The number of aliphatic hydroxyl groups excluding tert-OH is 1. The Morgan fingerprint density at radius 1 is 1.11 bits per heavy atom. The SMILES string of the molecule is CC(C)(C)c1cc(/C=C2\SCN(CCNCCO)C2=O)cc(C(C)(C)C)c1O. The van der Waals surface area contributed by atoms with E-state index in [2.05, 4.69) is 46.9 Å². The minimum atomic E-state index is -0.199. The number of thioether (sulfide) groups is 1. The number of nitrogens with zero attached hydrogens (tertiary/aromatic N) is 1. The largest absolute Gasteiger partial charge is 0.507 e. The van der Waals surface area contributed by atoms with Crippen molar-refractivity contribution in [2.45, 2.75) is 52.4 Å². The summed E-state index contributed by atoms with van der Waals surface area (Å²) >= 11 is 1.55. The molecular weight excluding hydrogens is 372 g/mol. The Hall–Kier alpha value is -1.50. The van der Waals surface area contributed by atoms with Crippen LogP contribution in [-0.2, 0) is 15.6 Å². The van der Waals surface area contributed by atoms with Crippen molar-refractivity contribution < 1.29 is 15.0 Å². The smallest absolute Gasteiger partial charge is 0.261 e. The molecule has 0 aromatic heterocycles. The second-order valence-electron chi connectivity index (χ2n) is 9.29. The molecule has 1 aromatic rings. The van der Waals surface area contributed by atoms with Gasteiger partial charge in [0.1, 0.15) is 5.75 Å². The maximum absolute atomic E-state index is 12.7. The summed E-state index contributed by atoms with van der Waals surface area (Å²) in [4.78, 5) is 15.3. The molecule has 0 unspecified atom stereocenters. The number of rotatable bonds is 6. The molecule has 0 radical (unpaired) electrons. The molecule has 1 fully saturated rings. The first-order chi connectivity index (χ1) is 12.9. The van der Waals surface area contributed by atoms with Crippen LogP contribution in [0.1, 0.15) is 58.2 Å². The van der Waals surface area contributed by atoms with Crippen LogP contribution in [0.25, 0.3) is 6.08 Å². The number of hydrogen-bond donors (Lipinski definition) is 3. The van der Waals surface area contributed by atoms with Crippen LogP contribution in [0.2, 0.25) is 0 Å². The van der Waals surface area contributed by atoms with Gasteiger partial charge in [-0.25, -0.2) is 0 Å². The van der Waals surface area contributed by atoms with Gasteiger partial charge in [-0.2, -0.15) is 0 Å². The number of benzene rings is 1. The Morgan fingerprint density at radius 3 is 2.18 bits per heavy atom. The molecule has 1 heterocycles. The highest BCUT2D eigenvalue weighted by molar-refractivity contribution is 8.04. The van der Waals surface area contributed by atoms with E-state index in [0.29, 0.717) is 31.3 Å². The Balaban J connectivity index is 2.31. The van der Waals surface area contributed by atoms with Crippen LogP contribution < -0.4 is 5.32 Å². The van der Waals surface area contributed by atoms with E-state index in [1.165, 1.54) is 0 Å². The molecule has 0 saturated carbocycles. The molecule has 0 bridgehead atoms. The van der Waals surface area contributed by atoms with E-state index in [1.807, 2.05) is 23.1 Å². The van der Waals surface area contributed by atoms with Crippen LogP contribution in [-0.4, -0.2) is 53.1 Å². The van der Waals surface area contributed by atoms with Crippen LogP contribution in [0.5, 0.6) is 5.75 Å². The zero-order valence-corrected chi connectivity index (χ0v) is 18.7. The van der Waals surface area contributed by atoms with E-state index >= 15 is 0 Å². The van der Waals surface area contributed by atoms with Gasteiger partial charge in [-0.3, -0.25) is 4.79 Å². The van der Waals surface area contributed by atoms with Crippen molar-refractivity contribution in [3.8, 4) is 5.75 Å². The zero-order chi connectivity index (χ0) is 21.1. The molecule has 0 aliphatic carbocycles. The van der Waals surface area contributed by atoms with Crippen molar-refractivity contribution >= 4 is 23.7 Å². The number of aliphatic hydroxyl groups is 1. The van der Waals surface area contributed by atoms with E-state index in [1.54, 1.807) is 11.8 Å². The zero-order valence-electron chi connectivity index (χ0n) is 17.9. The lowest BCUT2D eigenvalue weighted by molar-refractivity contribution is -0.124. The lowest BCUT2D eigenvalue weighted by Crippen LogP contribution is -2.34. The summed E-state index contributed by atoms with van der Waals surface area (Å²) in [6, 6.07) is 3.99. The first-order valence-corrected chi connectivity index (χ1v) is 10.8. The second-order valence-corrected chi connectivity index (χ2v) is 10.3. The number of nitrogens with one attached hydrogen (secondary N) is 1. The van der Waals surface area contributed by atoms with Crippen molar-refractivity contribution in [1.82, 2.24) is 10.2 Å².